The summed E-state index contributed by atoms with van der Waals surface area (Å²) < 4.78 is 18.2. The number of esters is 1. The molecule has 0 amide bonds. The average molecular weight is 421 g/mol. The zero-order valence-corrected chi connectivity index (χ0v) is 20.0. The highest BCUT2D eigenvalue weighted by Crippen LogP contribution is 2.63. The van der Waals surface area contributed by atoms with Crippen LogP contribution in [-0.4, -0.2) is 41.3 Å². The van der Waals surface area contributed by atoms with Gasteiger partial charge in [-0.1, -0.05) is 33.8 Å². The van der Waals surface area contributed by atoms with Crippen LogP contribution in [0.1, 0.15) is 68.2 Å². The molecule has 5 nitrogen and oxygen atoms in total. The summed E-state index contributed by atoms with van der Waals surface area (Å²) in [5, 5.41) is 12.1. The van der Waals surface area contributed by atoms with Crippen LogP contribution in [0.15, 0.2) is 24.3 Å². The molecule has 30 heavy (non-hydrogen) atoms. The maximum atomic E-state index is 13.2. The second-order valence-electron chi connectivity index (χ2n) is 10.7. The van der Waals surface area contributed by atoms with E-state index in [1.165, 1.54) is 0 Å². The Morgan fingerprint density at radius 3 is 2.43 bits per heavy atom. The molecule has 7 atom stereocenters. The Morgan fingerprint density at radius 1 is 1.27 bits per heavy atom. The Bertz CT molecular complexity index is 740. The highest BCUT2D eigenvalue weighted by atomic mass is 16.8. The number of aliphatic hydroxyl groups is 1. The van der Waals surface area contributed by atoms with E-state index in [9.17, 15) is 9.90 Å². The van der Waals surface area contributed by atoms with Crippen LogP contribution in [-0.2, 0) is 19.0 Å². The number of hydrogen-bond donors (Lipinski definition) is 1. The molecule has 2 aliphatic carbocycles. The molecule has 1 saturated carbocycles. The molecule has 0 unspecified atom stereocenters. The van der Waals surface area contributed by atoms with Gasteiger partial charge in [0.05, 0.1) is 18.1 Å². The topological polar surface area (TPSA) is 65.0 Å². The number of carbonyl (C=O) groups excluding carboxylic acids is 1. The van der Waals surface area contributed by atoms with E-state index in [4.69, 9.17) is 14.2 Å². The van der Waals surface area contributed by atoms with Gasteiger partial charge in [-0.2, -0.15) is 0 Å². The minimum atomic E-state index is -1.43. The second kappa shape index (κ2) is 7.46. The van der Waals surface area contributed by atoms with Crippen molar-refractivity contribution in [3.63, 3.8) is 0 Å². The summed E-state index contributed by atoms with van der Waals surface area (Å²) in [5.74, 6) is -0.785. The third kappa shape index (κ3) is 3.20. The van der Waals surface area contributed by atoms with Crippen molar-refractivity contribution in [2.45, 2.75) is 91.8 Å². The quantitative estimate of drug-likeness (QED) is 0.518. The van der Waals surface area contributed by atoms with Crippen LogP contribution >= 0.6 is 0 Å². The molecule has 2 fully saturated rings. The van der Waals surface area contributed by atoms with Gasteiger partial charge in [-0.3, -0.25) is 4.79 Å². The first-order chi connectivity index (χ1) is 13.8. The van der Waals surface area contributed by atoms with Gasteiger partial charge in [-0.25, -0.2) is 0 Å². The van der Waals surface area contributed by atoms with Gasteiger partial charge in [-0.05, 0) is 69.4 Å². The molecular weight excluding hydrogens is 380 g/mol. The Balaban J connectivity index is 2.22. The Morgan fingerprint density at radius 2 is 1.90 bits per heavy atom. The highest BCUT2D eigenvalue weighted by molar-refractivity contribution is 5.79. The molecule has 0 spiro atoms. The summed E-state index contributed by atoms with van der Waals surface area (Å²) in [6, 6.07) is 0. The largest absolute Gasteiger partial charge is 0.465 e. The van der Waals surface area contributed by atoms with Crippen LogP contribution in [0, 0.1) is 28.6 Å². The lowest BCUT2D eigenvalue weighted by Gasteiger charge is -2.44. The summed E-state index contributed by atoms with van der Waals surface area (Å²) in [4.78, 5) is 13.2. The van der Waals surface area contributed by atoms with Gasteiger partial charge in [0.1, 0.15) is 11.7 Å². The number of fused-ring (bicyclic) bond motifs is 3. The van der Waals surface area contributed by atoms with E-state index in [1.54, 1.807) is 13.0 Å². The zero-order valence-electron chi connectivity index (χ0n) is 20.0. The van der Waals surface area contributed by atoms with E-state index in [2.05, 4.69) is 27.4 Å². The molecule has 170 valence electrons. The lowest BCUT2D eigenvalue weighted by atomic mass is 9.64. The zero-order chi connectivity index (χ0) is 22.7. The van der Waals surface area contributed by atoms with Gasteiger partial charge in [0.15, 0.2) is 5.79 Å². The van der Waals surface area contributed by atoms with E-state index in [-0.39, 0.29) is 42.0 Å². The van der Waals surface area contributed by atoms with Crippen molar-refractivity contribution in [3.8, 4) is 0 Å². The predicted octanol–water partition coefficient (Wildman–Crippen LogP) is 4.64. The number of hydrogen-bond acceptors (Lipinski definition) is 5. The highest BCUT2D eigenvalue weighted by Gasteiger charge is 2.66. The van der Waals surface area contributed by atoms with Crippen molar-refractivity contribution in [1.29, 1.82) is 0 Å². The molecular formula is C25H40O5. The fourth-order valence-corrected chi connectivity index (χ4v) is 6.32. The molecule has 0 aromatic carbocycles. The lowest BCUT2D eigenvalue weighted by Crippen LogP contribution is -2.54. The molecule has 0 aromatic rings. The molecule has 0 aromatic heterocycles. The molecule has 0 radical (unpaired) electrons. The summed E-state index contributed by atoms with van der Waals surface area (Å²) in [6.45, 7) is 20.3. The summed E-state index contributed by atoms with van der Waals surface area (Å²) in [5.41, 5.74) is -1.69. The van der Waals surface area contributed by atoms with Crippen molar-refractivity contribution in [1.82, 2.24) is 0 Å². The maximum Gasteiger partial charge on any atom is 0.315 e. The standard InChI is InChI=1S/C25H40O5/c1-10-16(5)25(27)14-17-19-20(30-22(6,7)29-19)18(15(3)4)23(17,8)12-13-24(25,9)21(26)28-11-2/h10,14-16,18-20,27H,1,11-13H2,2-9H3/t16-,18+,19-,20+,23+,24-,25-/m1/s1. The van der Waals surface area contributed by atoms with Gasteiger partial charge in [0.25, 0.3) is 0 Å². The van der Waals surface area contributed by atoms with Crippen molar-refractivity contribution in [2.75, 3.05) is 6.61 Å². The molecule has 5 heteroatoms. The second-order valence-corrected chi connectivity index (χ2v) is 10.7. The van der Waals surface area contributed by atoms with Gasteiger partial charge < -0.3 is 19.3 Å². The van der Waals surface area contributed by atoms with Crippen LogP contribution < -0.4 is 0 Å². The Kier molecular flexibility index (Phi) is 5.84. The molecule has 1 heterocycles. The van der Waals surface area contributed by atoms with E-state index >= 15 is 0 Å². The van der Waals surface area contributed by atoms with Crippen LogP contribution in [0.2, 0.25) is 0 Å². The van der Waals surface area contributed by atoms with Gasteiger partial charge >= 0.3 is 5.97 Å². The van der Waals surface area contributed by atoms with Crippen molar-refractivity contribution in [2.24, 2.45) is 28.6 Å². The normalized spacial score (nSPS) is 43.4. The van der Waals surface area contributed by atoms with Crippen molar-refractivity contribution in [3.05, 3.63) is 24.3 Å². The summed E-state index contributed by atoms with van der Waals surface area (Å²) >= 11 is 0. The average Bonchev–Trinajstić information content (AvgIpc) is 3.03. The fraction of sp³-hybridized carbons (Fsp3) is 0.800. The molecule has 0 bridgehead atoms. The van der Waals surface area contributed by atoms with Crippen molar-refractivity contribution >= 4 is 5.97 Å². The first-order valence-electron chi connectivity index (χ1n) is 11.4. The first kappa shape index (κ1) is 23.5. The number of carbonyl (C=O) groups is 1. The van der Waals surface area contributed by atoms with E-state index in [0.29, 0.717) is 12.3 Å². The number of rotatable bonds is 5. The lowest BCUT2D eigenvalue weighted by molar-refractivity contribution is -0.172. The monoisotopic (exact) mass is 420 g/mol. The van der Waals surface area contributed by atoms with Crippen LogP contribution in [0.4, 0.5) is 0 Å². The predicted molar refractivity (Wildman–Crippen MR) is 117 cm³/mol. The van der Waals surface area contributed by atoms with Crippen LogP contribution in [0.25, 0.3) is 0 Å². The molecule has 1 N–H and O–H groups in total. The van der Waals surface area contributed by atoms with Crippen LogP contribution in [0.5, 0.6) is 0 Å². The molecule has 1 saturated heterocycles. The SMILES string of the molecule is C=C[C@@H](C)[C@]1(O)C=C2[C@H]3OC(C)(C)O[C@H]3[C@H](C(C)C)[C@@]2(C)CC[C@]1(C)C(=O)OCC. The van der Waals surface area contributed by atoms with E-state index in [0.717, 1.165) is 12.0 Å². The molecule has 1 aliphatic heterocycles. The van der Waals surface area contributed by atoms with Gasteiger partial charge in [0.2, 0.25) is 0 Å². The summed E-state index contributed by atoms with van der Waals surface area (Å²) in [7, 11) is 0. The Labute approximate surface area is 181 Å². The smallest absolute Gasteiger partial charge is 0.315 e. The van der Waals surface area contributed by atoms with Crippen LogP contribution in [0.3, 0.4) is 0 Å². The van der Waals surface area contributed by atoms with E-state index in [1.807, 2.05) is 33.8 Å². The Hall–Kier alpha value is -1.17. The fourth-order valence-electron chi connectivity index (χ4n) is 6.32. The van der Waals surface area contributed by atoms with E-state index < -0.39 is 16.8 Å². The maximum absolute atomic E-state index is 13.2. The minimum absolute atomic E-state index is 0.0634. The van der Waals surface area contributed by atoms with Crippen molar-refractivity contribution < 1.29 is 24.1 Å². The first-order valence-corrected chi connectivity index (χ1v) is 11.4. The molecule has 3 aliphatic rings. The minimum Gasteiger partial charge on any atom is -0.465 e. The third-order valence-electron chi connectivity index (χ3n) is 8.08. The molecule has 3 rings (SSSR count). The third-order valence-corrected chi connectivity index (χ3v) is 8.08. The van der Waals surface area contributed by atoms with Gasteiger partial charge in [-0.15, -0.1) is 6.58 Å². The number of ether oxygens (including phenoxy) is 3. The van der Waals surface area contributed by atoms with Gasteiger partial charge in [0, 0.05) is 5.92 Å². The summed E-state index contributed by atoms with van der Waals surface area (Å²) in [6.07, 6.45) is 4.62.